The zero-order chi connectivity index (χ0) is 9.80. The summed E-state index contributed by atoms with van der Waals surface area (Å²) in [4.78, 5) is 0. The summed E-state index contributed by atoms with van der Waals surface area (Å²) in [5.41, 5.74) is 1.36. The lowest BCUT2D eigenvalue weighted by molar-refractivity contribution is 0.569. The van der Waals surface area contributed by atoms with Crippen LogP contribution in [0.4, 0.5) is 0 Å². The first kappa shape index (κ1) is 9.71. The Morgan fingerprint density at radius 2 is 2.57 bits per heavy atom. The van der Waals surface area contributed by atoms with Crippen molar-refractivity contribution < 1.29 is 0 Å². The molecule has 3 nitrogen and oxygen atoms in total. The molecule has 1 aromatic heterocycles. The molecule has 0 spiro atoms. The van der Waals surface area contributed by atoms with E-state index in [0.717, 1.165) is 13.1 Å². The number of nitrogens with zero attached hydrogens (tertiary/aromatic N) is 2. The third-order valence-electron chi connectivity index (χ3n) is 2.86. The fourth-order valence-corrected chi connectivity index (χ4v) is 1.97. The molecule has 1 fully saturated rings. The Morgan fingerprint density at radius 1 is 1.64 bits per heavy atom. The van der Waals surface area contributed by atoms with Crippen LogP contribution in [0.1, 0.15) is 44.2 Å². The molecule has 0 saturated carbocycles. The second-order valence-corrected chi connectivity index (χ2v) is 4.04. The Balaban J connectivity index is 1.94. The molecule has 0 bridgehead atoms. The highest BCUT2D eigenvalue weighted by Gasteiger charge is 2.17. The van der Waals surface area contributed by atoms with E-state index in [1.807, 2.05) is 6.20 Å². The standard InChI is InChI=1S/C11H19N3/c1-2-3-7-14-9-10(8-13-14)11-5-4-6-12-11/h8-9,11-12H,2-7H2,1H3. The Labute approximate surface area is 85.5 Å². The van der Waals surface area contributed by atoms with Crippen LogP contribution in [0.2, 0.25) is 0 Å². The van der Waals surface area contributed by atoms with Gasteiger partial charge in [0.2, 0.25) is 0 Å². The van der Waals surface area contributed by atoms with Crippen molar-refractivity contribution in [2.45, 2.75) is 45.2 Å². The van der Waals surface area contributed by atoms with Crippen molar-refractivity contribution in [3.05, 3.63) is 18.0 Å². The average Bonchev–Trinajstić information content (AvgIpc) is 2.85. The van der Waals surface area contributed by atoms with Gasteiger partial charge in [-0.3, -0.25) is 4.68 Å². The third kappa shape index (κ3) is 2.15. The van der Waals surface area contributed by atoms with Crippen LogP contribution in [0.15, 0.2) is 12.4 Å². The van der Waals surface area contributed by atoms with Crippen LogP contribution in [0.3, 0.4) is 0 Å². The van der Waals surface area contributed by atoms with E-state index in [0.29, 0.717) is 6.04 Å². The topological polar surface area (TPSA) is 29.9 Å². The summed E-state index contributed by atoms with van der Waals surface area (Å²) in [5.74, 6) is 0. The number of aryl methyl sites for hydroxylation is 1. The van der Waals surface area contributed by atoms with Crippen molar-refractivity contribution in [3.63, 3.8) is 0 Å². The highest BCUT2D eigenvalue weighted by Crippen LogP contribution is 2.22. The van der Waals surface area contributed by atoms with Crippen LogP contribution >= 0.6 is 0 Å². The van der Waals surface area contributed by atoms with E-state index >= 15 is 0 Å². The van der Waals surface area contributed by atoms with Crippen molar-refractivity contribution in [2.75, 3.05) is 6.54 Å². The first-order valence-electron chi connectivity index (χ1n) is 5.66. The second-order valence-electron chi connectivity index (χ2n) is 4.04. The first-order chi connectivity index (χ1) is 6.90. The SMILES string of the molecule is CCCCn1cc(C2CCCN2)cn1. The van der Waals surface area contributed by atoms with Crippen LogP contribution in [0.25, 0.3) is 0 Å². The van der Waals surface area contributed by atoms with Gasteiger partial charge in [0, 0.05) is 24.3 Å². The van der Waals surface area contributed by atoms with Crippen molar-refractivity contribution in [3.8, 4) is 0 Å². The highest BCUT2D eigenvalue weighted by molar-refractivity contribution is 5.11. The number of nitrogens with one attached hydrogen (secondary N) is 1. The molecule has 1 aromatic rings. The molecule has 0 aromatic carbocycles. The van der Waals surface area contributed by atoms with E-state index in [2.05, 4.69) is 28.2 Å². The van der Waals surface area contributed by atoms with Gasteiger partial charge in [-0.1, -0.05) is 13.3 Å². The maximum absolute atomic E-state index is 4.37. The van der Waals surface area contributed by atoms with Gasteiger partial charge in [0.1, 0.15) is 0 Å². The van der Waals surface area contributed by atoms with Crippen LogP contribution < -0.4 is 5.32 Å². The van der Waals surface area contributed by atoms with Crippen LogP contribution in [0.5, 0.6) is 0 Å². The summed E-state index contributed by atoms with van der Waals surface area (Å²) in [7, 11) is 0. The zero-order valence-electron chi connectivity index (χ0n) is 8.87. The summed E-state index contributed by atoms with van der Waals surface area (Å²) in [5, 5.41) is 7.86. The monoisotopic (exact) mass is 193 g/mol. The average molecular weight is 193 g/mol. The fraction of sp³-hybridized carbons (Fsp3) is 0.727. The zero-order valence-corrected chi connectivity index (χ0v) is 8.87. The van der Waals surface area contributed by atoms with Gasteiger partial charge in [0.05, 0.1) is 6.20 Å². The lowest BCUT2D eigenvalue weighted by Crippen LogP contribution is -2.12. The molecule has 0 aliphatic carbocycles. The molecule has 1 aliphatic heterocycles. The Morgan fingerprint density at radius 3 is 3.29 bits per heavy atom. The van der Waals surface area contributed by atoms with Gasteiger partial charge < -0.3 is 5.32 Å². The molecule has 1 unspecified atom stereocenters. The summed E-state index contributed by atoms with van der Waals surface area (Å²) in [6, 6.07) is 0.561. The minimum absolute atomic E-state index is 0.561. The molecule has 1 N–H and O–H groups in total. The number of hydrogen-bond acceptors (Lipinski definition) is 2. The van der Waals surface area contributed by atoms with Crippen LogP contribution in [0, 0.1) is 0 Å². The van der Waals surface area contributed by atoms with E-state index in [4.69, 9.17) is 0 Å². The molecular weight excluding hydrogens is 174 g/mol. The molecule has 78 valence electrons. The second kappa shape index (κ2) is 4.60. The fourth-order valence-electron chi connectivity index (χ4n) is 1.97. The van der Waals surface area contributed by atoms with Gasteiger partial charge >= 0.3 is 0 Å². The minimum Gasteiger partial charge on any atom is -0.310 e. The molecule has 1 saturated heterocycles. The summed E-state index contributed by atoms with van der Waals surface area (Å²) in [6.45, 7) is 4.43. The lowest BCUT2D eigenvalue weighted by atomic mass is 10.1. The smallest absolute Gasteiger partial charge is 0.0537 e. The van der Waals surface area contributed by atoms with Gasteiger partial charge in [-0.05, 0) is 25.8 Å². The van der Waals surface area contributed by atoms with Gasteiger partial charge in [-0.25, -0.2) is 0 Å². The molecule has 1 atom stereocenters. The number of rotatable bonds is 4. The summed E-state index contributed by atoms with van der Waals surface area (Å²) in [6.07, 6.45) is 9.22. The number of unbranched alkanes of at least 4 members (excludes halogenated alkanes) is 1. The third-order valence-corrected chi connectivity index (χ3v) is 2.86. The van der Waals surface area contributed by atoms with Gasteiger partial charge in [-0.2, -0.15) is 5.10 Å². The summed E-state index contributed by atoms with van der Waals surface area (Å²) < 4.78 is 2.07. The molecule has 3 heteroatoms. The van der Waals surface area contributed by atoms with Crippen molar-refractivity contribution in [2.24, 2.45) is 0 Å². The van der Waals surface area contributed by atoms with Crippen molar-refractivity contribution >= 4 is 0 Å². The normalized spacial score (nSPS) is 21.6. The quantitative estimate of drug-likeness (QED) is 0.793. The predicted molar refractivity (Wildman–Crippen MR) is 57.1 cm³/mol. The molecule has 0 amide bonds. The van der Waals surface area contributed by atoms with Crippen molar-refractivity contribution in [1.29, 1.82) is 0 Å². The van der Waals surface area contributed by atoms with Gasteiger partial charge in [0.15, 0.2) is 0 Å². The molecule has 2 rings (SSSR count). The van der Waals surface area contributed by atoms with Crippen LogP contribution in [-0.4, -0.2) is 16.3 Å². The number of aromatic nitrogens is 2. The van der Waals surface area contributed by atoms with E-state index in [-0.39, 0.29) is 0 Å². The van der Waals surface area contributed by atoms with Gasteiger partial charge in [-0.15, -0.1) is 0 Å². The maximum Gasteiger partial charge on any atom is 0.0537 e. The minimum atomic E-state index is 0.561. The van der Waals surface area contributed by atoms with Gasteiger partial charge in [0.25, 0.3) is 0 Å². The first-order valence-corrected chi connectivity index (χ1v) is 5.66. The van der Waals surface area contributed by atoms with E-state index < -0.39 is 0 Å². The highest BCUT2D eigenvalue weighted by atomic mass is 15.3. The van der Waals surface area contributed by atoms with E-state index in [1.54, 1.807) is 0 Å². The van der Waals surface area contributed by atoms with Crippen LogP contribution in [-0.2, 0) is 6.54 Å². The van der Waals surface area contributed by atoms with E-state index in [1.165, 1.54) is 31.2 Å². The Kier molecular flexibility index (Phi) is 3.19. The van der Waals surface area contributed by atoms with E-state index in [9.17, 15) is 0 Å². The molecule has 2 heterocycles. The predicted octanol–water partition coefficient (Wildman–Crippen LogP) is 2.11. The Hall–Kier alpha value is -0.830. The Bertz CT molecular complexity index is 274. The maximum atomic E-state index is 4.37. The lowest BCUT2D eigenvalue weighted by Gasteiger charge is -2.05. The molecule has 0 radical (unpaired) electrons. The number of hydrogen-bond donors (Lipinski definition) is 1. The molecule has 14 heavy (non-hydrogen) atoms. The molecular formula is C11H19N3. The van der Waals surface area contributed by atoms with Crippen molar-refractivity contribution in [1.82, 2.24) is 15.1 Å². The molecule has 1 aliphatic rings. The largest absolute Gasteiger partial charge is 0.310 e. The summed E-state index contributed by atoms with van der Waals surface area (Å²) >= 11 is 0.